The van der Waals surface area contributed by atoms with Gasteiger partial charge in [0, 0.05) is 8.04 Å². The van der Waals surface area contributed by atoms with Crippen molar-refractivity contribution in [2.24, 2.45) is 5.84 Å². The van der Waals surface area contributed by atoms with Crippen LogP contribution in [0.2, 0.25) is 0 Å². The van der Waals surface area contributed by atoms with E-state index in [9.17, 15) is 0 Å². The minimum absolute atomic E-state index is 0.0462. The lowest BCUT2D eigenvalue weighted by molar-refractivity contribution is 0.340. The van der Waals surface area contributed by atoms with Crippen molar-refractivity contribution in [3.8, 4) is 5.75 Å². The summed E-state index contributed by atoms with van der Waals surface area (Å²) >= 11 is 5.83. The third-order valence-electron chi connectivity index (χ3n) is 2.96. The van der Waals surface area contributed by atoms with Gasteiger partial charge in [0.15, 0.2) is 0 Å². The van der Waals surface area contributed by atoms with Crippen molar-refractivity contribution >= 4 is 38.5 Å². The first kappa shape index (κ1) is 15.8. The molecular weight excluding hydrogens is 431 g/mol. The van der Waals surface area contributed by atoms with Crippen molar-refractivity contribution < 1.29 is 4.74 Å². The van der Waals surface area contributed by atoms with Gasteiger partial charge in [-0.15, -0.1) is 0 Å². The van der Waals surface area contributed by atoms with E-state index in [1.54, 1.807) is 0 Å². The lowest BCUT2D eigenvalue weighted by atomic mass is 9.99. The van der Waals surface area contributed by atoms with Crippen LogP contribution in [0.15, 0.2) is 46.9 Å². The molecule has 0 saturated heterocycles. The Morgan fingerprint density at radius 1 is 1.25 bits per heavy atom. The number of halogens is 2. The first-order valence-electron chi connectivity index (χ1n) is 6.29. The second kappa shape index (κ2) is 7.40. The molecule has 0 aliphatic heterocycles. The number of nitrogens with one attached hydrogen (secondary N) is 1. The number of benzene rings is 2. The van der Waals surface area contributed by atoms with E-state index >= 15 is 0 Å². The summed E-state index contributed by atoms with van der Waals surface area (Å²) < 4.78 is 7.67. The fraction of sp³-hybridized carbons (Fsp3) is 0.200. The SMILES string of the molecule is CCOc1ccc(C(NN)c2cc(Br)ccc2I)cc1. The van der Waals surface area contributed by atoms with E-state index in [-0.39, 0.29) is 6.04 Å². The number of ether oxygens (including phenoxy) is 1. The van der Waals surface area contributed by atoms with Crippen LogP contribution in [0.5, 0.6) is 5.75 Å². The van der Waals surface area contributed by atoms with E-state index in [0.717, 1.165) is 21.3 Å². The lowest BCUT2D eigenvalue weighted by Crippen LogP contribution is -2.29. The van der Waals surface area contributed by atoms with Gasteiger partial charge in [0.05, 0.1) is 12.6 Å². The van der Waals surface area contributed by atoms with Gasteiger partial charge in [-0.3, -0.25) is 5.84 Å². The zero-order chi connectivity index (χ0) is 14.5. The fourth-order valence-corrected chi connectivity index (χ4v) is 3.05. The molecule has 0 aliphatic carbocycles. The average molecular weight is 447 g/mol. The Bertz CT molecular complexity index is 575. The Balaban J connectivity index is 2.34. The van der Waals surface area contributed by atoms with Crippen LogP contribution in [-0.4, -0.2) is 6.61 Å². The smallest absolute Gasteiger partial charge is 0.119 e. The molecule has 3 nitrogen and oxygen atoms in total. The Kier molecular flexibility index (Phi) is 5.83. The number of hydrazine groups is 1. The Morgan fingerprint density at radius 3 is 2.55 bits per heavy atom. The van der Waals surface area contributed by atoms with Crippen molar-refractivity contribution in [3.05, 3.63) is 61.6 Å². The number of hydrogen-bond acceptors (Lipinski definition) is 3. The summed E-state index contributed by atoms with van der Waals surface area (Å²) in [6, 6.07) is 14.1. The molecule has 0 saturated carbocycles. The van der Waals surface area contributed by atoms with Crippen molar-refractivity contribution in [3.63, 3.8) is 0 Å². The van der Waals surface area contributed by atoms with Gasteiger partial charge < -0.3 is 4.74 Å². The molecule has 0 fully saturated rings. The number of rotatable bonds is 5. The maximum absolute atomic E-state index is 5.75. The summed E-state index contributed by atoms with van der Waals surface area (Å²) in [4.78, 5) is 0. The van der Waals surface area contributed by atoms with Crippen LogP contribution in [0.25, 0.3) is 0 Å². The summed E-state index contributed by atoms with van der Waals surface area (Å²) in [5, 5.41) is 0. The zero-order valence-electron chi connectivity index (χ0n) is 11.1. The zero-order valence-corrected chi connectivity index (χ0v) is 14.8. The highest BCUT2D eigenvalue weighted by atomic mass is 127. The van der Waals surface area contributed by atoms with Crippen LogP contribution >= 0.6 is 38.5 Å². The molecule has 0 aromatic heterocycles. The monoisotopic (exact) mass is 446 g/mol. The quantitative estimate of drug-likeness (QED) is 0.414. The van der Waals surface area contributed by atoms with E-state index < -0.39 is 0 Å². The Hall–Kier alpha value is -0.630. The Morgan fingerprint density at radius 2 is 1.95 bits per heavy atom. The molecular formula is C15H16BrIN2O. The molecule has 5 heteroatoms. The molecule has 0 radical (unpaired) electrons. The Labute approximate surface area is 141 Å². The topological polar surface area (TPSA) is 47.3 Å². The fourth-order valence-electron chi connectivity index (χ4n) is 2.02. The summed E-state index contributed by atoms with van der Waals surface area (Å²) in [6.07, 6.45) is 0. The molecule has 2 aromatic carbocycles. The molecule has 1 unspecified atom stereocenters. The van der Waals surface area contributed by atoms with Gasteiger partial charge in [-0.25, -0.2) is 5.43 Å². The highest BCUT2D eigenvalue weighted by Crippen LogP contribution is 2.29. The van der Waals surface area contributed by atoms with Crippen molar-refractivity contribution in [1.82, 2.24) is 5.43 Å². The molecule has 0 heterocycles. The first-order valence-corrected chi connectivity index (χ1v) is 8.16. The van der Waals surface area contributed by atoms with Crippen LogP contribution in [0.1, 0.15) is 24.1 Å². The van der Waals surface area contributed by atoms with E-state index in [4.69, 9.17) is 10.6 Å². The standard InChI is InChI=1S/C15H16BrIN2O/c1-2-20-12-6-3-10(4-7-12)15(19-18)13-9-11(16)5-8-14(13)17/h3-9,15,19H,2,18H2,1H3. The molecule has 2 aromatic rings. The molecule has 0 aliphatic rings. The lowest BCUT2D eigenvalue weighted by Gasteiger charge is -2.19. The molecule has 2 rings (SSSR count). The first-order chi connectivity index (χ1) is 9.65. The van der Waals surface area contributed by atoms with Crippen molar-refractivity contribution in [2.45, 2.75) is 13.0 Å². The summed E-state index contributed by atoms with van der Waals surface area (Å²) in [6.45, 7) is 2.64. The van der Waals surface area contributed by atoms with Crippen molar-refractivity contribution in [1.29, 1.82) is 0 Å². The van der Waals surface area contributed by atoms with Crippen LogP contribution in [0.3, 0.4) is 0 Å². The maximum atomic E-state index is 5.75. The van der Waals surface area contributed by atoms with E-state index in [0.29, 0.717) is 6.61 Å². The average Bonchev–Trinajstić information content (AvgIpc) is 2.45. The summed E-state index contributed by atoms with van der Waals surface area (Å²) in [5.41, 5.74) is 5.14. The van der Waals surface area contributed by atoms with Gasteiger partial charge in [0.2, 0.25) is 0 Å². The number of hydrogen-bond donors (Lipinski definition) is 2. The van der Waals surface area contributed by atoms with Crippen LogP contribution in [0, 0.1) is 3.57 Å². The molecule has 3 N–H and O–H groups in total. The third kappa shape index (κ3) is 3.72. The predicted molar refractivity (Wildman–Crippen MR) is 93.6 cm³/mol. The van der Waals surface area contributed by atoms with Gasteiger partial charge >= 0.3 is 0 Å². The van der Waals surface area contributed by atoms with Gasteiger partial charge in [0.25, 0.3) is 0 Å². The highest BCUT2D eigenvalue weighted by Gasteiger charge is 2.15. The summed E-state index contributed by atoms with van der Waals surface area (Å²) in [7, 11) is 0. The van der Waals surface area contributed by atoms with Gasteiger partial charge in [-0.1, -0.05) is 28.1 Å². The molecule has 1 atom stereocenters. The molecule has 20 heavy (non-hydrogen) atoms. The molecule has 0 bridgehead atoms. The second-order valence-corrected chi connectivity index (χ2v) is 6.35. The second-order valence-electron chi connectivity index (χ2n) is 4.27. The molecule has 0 spiro atoms. The minimum Gasteiger partial charge on any atom is -0.494 e. The van der Waals surface area contributed by atoms with Gasteiger partial charge in [-0.2, -0.15) is 0 Å². The largest absolute Gasteiger partial charge is 0.494 e. The molecule has 106 valence electrons. The van der Waals surface area contributed by atoms with Crippen LogP contribution in [0.4, 0.5) is 0 Å². The van der Waals surface area contributed by atoms with Crippen LogP contribution in [-0.2, 0) is 0 Å². The highest BCUT2D eigenvalue weighted by molar-refractivity contribution is 14.1. The minimum atomic E-state index is -0.0462. The maximum Gasteiger partial charge on any atom is 0.119 e. The van der Waals surface area contributed by atoms with Gasteiger partial charge in [0.1, 0.15) is 5.75 Å². The van der Waals surface area contributed by atoms with Crippen molar-refractivity contribution in [2.75, 3.05) is 6.61 Å². The molecule has 0 amide bonds. The van der Waals surface area contributed by atoms with E-state index in [2.05, 4.69) is 56.1 Å². The predicted octanol–water partition coefficient (Wildman–Crippen LogP) is 4.01. The van der Waals surface area contributed by atoms with E-state index in [1.165, 1.54) is 3.57 Å². The van der Waals surface area contributed by atoms with Crippen LogP contribution < -0.4 is 16.0 Å². The normalized spacial score (nSPS) is 12.2. The summed E-state index contributed by atoms with van der Waals surface area (Å²) in [5.74, 6) is 6.62. The number of nitrogens with two attached hydrogens (primary N) is 1. The third-order valence-corrected chi connectivity index (χ3v) is 4.44. The van der Waals surface area contributed by atoms with Gasteiger partial charge in [-0.05, 0) is 71.0 Å². The van der Waals surface area contributed by atoms with E-state index in [1.807, 2.05) is 37.3 Å².